The third-order valence-corrected chi connectivity index (χ3v) is 5.97. The average Bonchev–Trinajstić information content (AvgIpc) is 2.23. The van der Waals surface area contributed by atoms with Crippen molar-refractivity contribution in [3.05, 3.63) is 11.6 Å². The highest BCUT2D eigenvalue weighted by Gasteiger charge is 2.35. The van der Waals surface area contributed by atoms with E-state index in [4.69, 9.17) is 4.43 Å². The Kier molecular flexibility index (Phi) is 3.36. The molecule has 1 saturated carbocycles. The number of rotatable bonds is 1. The first-order chi connectivity index (χ1) is 7.08. The molecule has 2 heteroatoms. The van der Waals surface area contributed by atoms with Crippen LogP contribution in [0.1, 0.15) is 39.0 Å². The predicted octanol–water partition coefficient (Wildman–Crippen LogP) is 4.12. The molecule has 1 fully saturated rings. The molecule has 0 unspecified atom stereocenters. The van der Waals surface area contributed by atoms with Gasteiger partial charge in [0.25, 0.3) is 0 Å². The van der Waals surface area contributed by atoms with Gasteiger partial charge in [-0.3, -0.25) is 0 Å². The van der Waals surface area contributed by atoms with E-state index in [9.17, 15) is 0 Å². The molecule has 0 saturated heterocycles. The fourth-order valence-electron chi connectivity index (χ4n) is 2.91. The smallest absolute Gasteiger partial charge is 0.191 e. The van der Waals surface area contributed by atoms with E-state index in [1.54, 1.807) is 0 Å². The molecule has 1 heterocycles. The van der Waals surface area contributed by atoms with Gasteiger partial charge in [-0.1, -0.05) is 25.3 Å². The minimum Gasteiger partial charge on any atom is -0.410 e. The van der Waals surface area contributed by atoms with Crippen LogP contribution < -0.4 is 0 Å². The van der Waals surface area contributed by atoms with E-state index in [0.717, 1.165) is 5.92 Å². The van der Waals surface area contributed by atoms with Crippen molar-refractivity contribution in [3.8, 4) is 0 Å². The van der Waals surface area contributed by atoms with Crippen LogP contribution in [0, 0.1) is 5.92 Å². The maximum Gasteiger partial charge on any atom is 0.191 e. The van der Waals surface area contributed by atoms with Crippen LogP contribution in [0.4, 0.5) is 0 Å². The molecular formula is C13H24OSi. The second kappa shape index (κ2) is 4.42. The number of allylic oxidation sites excluding steroid dienone is 1. The summed E-state index contributed by atoms with van der Waals surface area (Å²) < 4.78 is 6.40. The van der Waals surface area contributed by atoms with Crippen LogP contribution in [0.15, 0.2) is 11.6 Å². The molecule has 2 rings (SSSR count). The molecule has 0 amide bonds. The Morgan fingerprint density at radius 1 is 1.20 bits per heavy atom. The van der Waals surface area contributed by atoms with Gasteiger partial charge in [-0.25, -0.2) is 0 Å². The highest BCUT2D eigenvalue weighted by molar-refractivity contribution is 6.71. The molecular weight excluding hydrogens is 200 g/mol. The maximum absolute atomic E-state index is 6.40. The Labute approximate surface area is 95.0 Å². The van der Waals surface area contributed by atoms with Gasteiger partial charge >= 0.3 is 0 Å². The van der Waals surface area contributed by atoms with Gasteiger partial charge in [0.15, 0.2) is 8.32 Å². The summed E-state index contributed by atoms with van der Waals surface area (Å²) in [6.07, 6.45) is 9.97. The van der Waals surface area contributed by atoms with Gasteiger partial charge in [-0.2, -0.15) is 0 Å². The number of hydrogen-bond acceptors (Lipinski definition) is 1. The normalized spacial score (nSPS) is 32.5. The summed E-state index contributed by atoms with van der Waals surface area (Å²) in [5, 5.41) is 0. The van der Waals surface area contributed by atoms with E-state index >= 15 is 0 Å². The zero-order valence-corrected chi connectivity index (χ0v) is 11.4. The van der Waals surface area contributed by atoms with Gasteiger partial charge in [-0.05, 0) is 50.4 Å². The van der Waals surface area contributed by atoms with Crippen molar-refractivity contribution in [1.82, 2.24) is 0 Å². The first kappa shape index (κ1) is 11.4. The van der Waals surface area contributed by atoms with Gasteiger partial charge < -0.3 is 4.43 Å². The van der Waals surface area contributed by atoms with Gasteiger partial charge in [0.05, 0.1) is 6.10 Å². The molecule has 0 bridgehead atoms. The van der Waals surface area contributed by atoms with E-state index in [1.807, 2.05) is 0 Å². The second-order valence-corrected chi connectivity index (χ2v) is 10.0. The standard InChI is InChI=1S/C13H24OSi/c1-11-9-10-15(2,3)14-13(11)12-7-5-4-6-8-12/h9,12-13H,4-8,10H2,1-3H3/t13-/m1/s1. The molecule has 0 N–H and O–H groups in total. The molecule has 1 atom stereocenters. The lowest BCUT2D eigenvalue weighted by molar-refractivity contribution is 0.125. The van der Waals surface area contributed by atoms with Crippen LogP contribution in [-0.2, 0) is 4.43 Å². The Balaban J connectivity index is 2.06. The van der Waals surface area contributed by atoms with Crippen LogP contribution in [0.25, 0.3) is 0 Å². The van der Waals surface area contributed by atoms with E-state index in [0.29, 0.717) is 6.10 Å². The minimum absolute atomic E-state index is 0.473. The van der Waals surface area contributed by atoms with Crippen LogP contribution >= 0.6 is 0 Å². The molecule has 1 aliphatic heterocycles. The molecule has 15 heavy (non-hydrogen) atoms. The summed E-state index contributed by atoms with van der Waals surface area (Å²) in [5.41, 5.74) is 1.51. The lowest BCUT2D eigenvalue weighted by Gasteiger charge is -2.39. The second-order valence-electron chi connectivity index (χ2n) is 5.85. The summed E-state index contributed by atoms with van der Waals surface area (Å²) >= 11 is 0. The van der Waals surface area contributed by atoms with Crippen molar-refractivity contribution in [1.29, 1.82) is 0 Å². The van der Waals surface area contributed by atoms with Crippen molar-refractivity contribution in [2.45, 2.75) is 64.3 Å². The van der Waals surface area contributed by atoms with Crippen LogP contribution in [0.5, 0.6) is 0 Å². The highest BCUT2D eigenvalue weighted by atomic mass is 28.4. The highest BCUT2D eigenvalue weighted by Crippen LogP contribution is 2.36. The molecule has 0 spiro atoms. The Hall–Kier alpha value is -0.0831. The molecule has 0 aromatic heterocycles. The third kappa shape index (κ3) is 2.73. The zero-order chi connectivity index (χ0) is 10.9. The van der Waals surface area contributed by atoms with E-state index in [-0.39, 0.29) is 0 Å². The Morgan fingerprint density at radius 3 is 2.53 bits per heavy atom. The lowest BCUT2D eigenvalue weighted by Crippen LogP contribution is -2.42. The maximum atomic E-state index is 6.40. The fraction of sp³-hybridized carbons (Fsp3) is 0.846. The van der Waals surface area contributed by atoms with E-state index in [2.05, 4.69) is 26.1 Å². The largest absolute Gasteiger partial charge is 0.410 e. The van der Waals surface area contributed by atoms with Crippen molar-refractivity contribution >= 4 is 8.32 Å². The molecule has 1 aliphatic carbocycles. The summed E-state index contributed by atoms with van der Waals surface area (Å²) in [5.74, 6) is 0.821. The van der Waals surface area contributed by atoms with Crippen molar-refractivity contribution in [2.24, 2.45) is 5.92 Å². The average molecular weight is 224 g/mol. The topological polar surface area (TPSA) is 9.23 Å². The minimum atomic E-state index is -1.36. The fourth-order valence-corrected chi connectivity index (χ4v) is 4.89. The molecule has 86 valence electrons. The summed E-state index contributed by atoms with van der Waals surface area (Å²) in [6, 6.07) is 1.21. The number of hydrogen-bond donors (Lipinski definition) is 0. The first-order valence-corrected chi connectivity index (χ1v) is 9.54. The van der Waals surface area contributed by atoms with Crippen molar-refractivity contribution < 1.29 is 4.43 Å². The molecule has 0 radical (unpaired) electrons. The summed E-state index contributed by atoms with van der Waals surface area (Å²) in [7, 11) is -1.36. The van der Waals surface area contributed by atoms with Gasteiger partial charge in [-0.15, -0.1) is 0 Å². The summed E-state index contributed by atoms with van der Waals surface area (Å²) in [6.45, 7) is 6.97. The molecule has 1 nitrogen and oxygen atoms in total. The van der Waals surface area contributed by atoms with E-state index in [1.165, 1.54) is 43.7 Å². The first-order valence-electron chi connectivity index (χ1n) is 6.43. The van der Waals surface area contributed by atoms with Crippen molar-refractivity contribution in [2.75, 3.05) is 0 Å². The predicted molar refractivity (Wildman–Crippen MR) is 67.5 cm³/mol. The van der Waals surface area contributed by atoms with Gasteiger partial charge in [0.2, 0.25) is 0 Å². The van der Waals surface area contributed by atoms with Gasteiger partial charge in [0, 0.05) is 0 Å². The molecule has 0 aromatic rings. The third-order valence-electron chi connectivity index (χ3n) is 3.89. The van der Waals surface area contributed by atoms with Gasteiger partial charge in [0.1, 0.15) is 0 Å². The van der Waals surface area contributed by atoms with Crippen molar-refractivity contribution in [3.63, 3.8) is 0 Å². The van der Waals surface area contributed by atoms with E-state index < -0.39 is 8.32 Å². The van der Waals surface area contributed by atoms with Crippen LogP contribution in [0.2, 0.25) is 19.1 Å². The Morgan fingerprint density at radius 2 is 1.87 bits per heavy atom. The quantitative estimate of drug-likeness (QED) is 0.481. The Bertz CT molecular complexity index is 251. The lowest BCUT2D eigenvalue weighted by atomic mass is 9.83. The molecule has 0 aromatic carbocycles. The zero-order valence-electron chi connectivity index (χ0n) is 10.4. The molecule has 2 aliphatic rings. The summed E-state index contributed by atoms with van der Waals surface area (Å²) in [4.78, 5) is 0. The van der Waals surface area contributed by atoms with Crippen LogP contribution in [-0.4, -0.2) is 14.4 Å². The van der Waals surface area contributed by atoms with Crippen LogP contribution in [0.3, 0.4) is 0 Å². The monoisotopic (exact) mass is 224 g/mol. The SMILES string of the molecule is CC1=CC[Si](C)(C)O[C@H]1C1CCCCC1.